The lowest BCUT2D eigenvalue weighted by molar-refractivity contribution is 0.690. The van der Waals surface area contributed by atoms with Crippen LogP contribution < -0.4 is 10.6 Å². The van der Waals surface area contributed by atoms with Crippen molar-refractivity contribution in [3.63, 3.8) is 0 Å². The number of nitrogen functional groups attached to an aromatic ring is 1. The lowest BCUT2D eigenvalue weighted by Gasteiger charge is -2.32. The van der Waals surface area contributed by atoms with E-state index in [0.29, 0.717) is 16.7 Å². The van der Waals surface area contributed by atoms with E-state index in [1.807, 2.05) is 19.1 Å². The van der Waals surface area contributed by atoms with Gasteiger partial charge in [0.15, 0.2) is 0 Å². The molecule has 0 fully saturated rings. The topological polar surface area (TPSA) is 42.1 Å². The number of benzene rings is 1. The second kappa shape index (κ2) is 5.74. The third-order valence-corrected chi connectivity index (χ3v) is 4.46. The molecule has 0 saturated carbocycles. The number of aryl methyl sites for hydroxylation is 2. The number of nitrogens with zero attached hydrogens (tertiary/aromatic N) is 2. The molecule has 5 heteroatoms. The number of anilines is 2. The van der Waals surface area contributed by atoms with Crippen molar-refractivity contribution in [3.8, 4) is 0 Å². The maximum Gasteiger partial charge on any atom is 0.135 e. The Morgan fingerprint density at radius 3 is 2.86 bits per heavy atom. The molecule has 3 rings (SSSR count). The zero-order chi connectivity index (χ0) is 15.0. The zero-order valence-electron chi connectivity index (χ0n) is 11.9. The van der Waals surface area contributed by atoms with Crippen LogP contribution in [-0.4, -0.2) is 11.5 Å². The van der Waals surface area contributed by atoms with Crippen molar-refractivity contribution >= 4 is 34.6 Å². The Kier molecular flexibility index (Phi) is 3.96. The van der Waals surface area contributed by atoms with Gasteiger partial charge in [-0.05, 0) is 49.6 Å². The van der Waals surface area contributed by atoms with Crippen LogP contribution in [0.1, 0.15) is 23.2 Å². The van der Waals surface area contributed by atoms with Crippen LogP contribution in [0.3, 0.4) is 0 Å². The number of aromatic nitrogens is 1. The van der Waals surface area contributed by atoms with E-state index in [1.54, 1.807) is 0 Å². The fourth-order valence-electron chi connectivity index (χ4n) is 2.81. The summed E-state index contributed by atoms with van der Waals surface area (Å²) >= 11 is 12.6. The van der Waals surface area contributed by atoms with Gasteiger partial charge in [0, 0.05) is 35.7 Å². The van der Waals surface area contributed by atoms with Crippen molar-refractivity contribution in [2.24, 2.45) is 0 Å². The van der Waals surface area contributed by atoms with Crippen LogP contribution in [0.4, 0.5) is 11.4 Å². The first-order valence-corrected chi connectivity index (χ1v) is 7.75. The van der Waals surface area contributed by atoms with Crippen molar-refractivity contribution < 1.29 is 0 Å². The number of rotatable bonds is 2. The number of nitrogens with two attached hydrogens (primary N) is 1. The van der Waals surface area contributed by atoms with Gasteiger partial charge in [0.05, 0.1) is 5.02 Å². The van der Waals surface area contributed by atoms with Gasteiger partial charge in [0.1, 0.15) is 5.15 Å². The smallest absolute Gasteiger partial charge is 0.135 e. The van der Waals surface area contributed by atoms with Gasteiger partial charge in [-0.15, -0.1) is 0 Å². The van der Waals surface area contributed by atoms with Crippen molar-refractivity contribution in [1.29, 1.82) is 0 Å². The predicted molar refractivity (Wildman–Crippen MR) is 89.2 cm³/mol. The number of halogens is 2. The van der Waals surface area contributed by atoms with Crippen molar-refractivity contribution in [2.75, 3.05) is 17.2 Å². The summed E-state index contributed by atoms with van der Waals surface area (Å²) in [7, 11) is 0. The molecule has 0 bridgehead atoms. The molecule has 2 aromatic rings. The summed E-state index contributed by atoms with van der Waals surface area (Å²) in [5.41, 5.74) is 10.9. The Labute approximate surface area is 134 Å². The molecule has 2 heterocycles. The largest absolute Gasteiger partial charge is 0.399 e. The van der Waals surface area contributed by atoms with E-state index in [4.69, 9.17) is 28.9 Å². The van der Waals surface area contributed by atoms with Gasteiger partial charge < -0.3 is 10.6 Å². The molecule has 1 aromatic carbocycles. The van der Waals surface area contributed by atoms with Gasteiger partial charge >= 0.3 is 0 Å². The van der Waals surface area contributed by atoms with E-state index in [2.05, 4.69) is 22.0 Å². The summed E-state index contributed by atoms with van der Waals surface area (Å²) in [4.78, 5) is 6.60. The molecular weight excluding hydrogens is 305 g/mol. The summed E-state index contributed by atoms with van der Waals surface area (Å²) in [6, 6.07) is 7.93. The van der Waals surface area contributed by atoms with Gasteiger partial charge in [0.25, 0.3) is 0 Å². The summed E-state index contributed by atoms with van der Waals surface area (Å²) in [5.74, 6) is 0. The average molecular weight is 322 g/mol. The van der Waals surface area contributed by atoms with Gasteiger partial charge in [0.2, 0.25) is 0 Å². The molecule has 21 heavy (non-hydrogen) atoms. The second-order valence-corrected chi connectivity index (χ2v) is 6.19. The van der Waals surface area contributed by atoms with E-state index in [1.165, 1.54) is 11.3 Å². The SMILES string of the molecule is Cc1cc(Cl)c(CN2CCCc3cc(N)ccc32)c(Cl)n1. The molecule has 0 saturated heterocycles. The lowest BCUT2D eigenvalue weighted by Crippen LogP contribution is -2.29. The van der Waals surface area contributed by atoms with E-state index in [-0.39, 0.29) is 0 Å². The van der Waals surface area contributed by atoms with E-state index < -0.39 is 0 Å². The fourth-order valence-corrected chi connectivity index (χ4v) is 3.46. The Morgan fingerprint density at radius 2 is 2.10 bits per heavy atom. The van der Waals surface area contributed by atoms with Crippen LogP contribution in [0.15, 0.2) is 24.3 Å². The van der Waals surface area contributed by atoms with Crippen molar-refractivity contribution in [1.82, 2.24) is 4.98 Å². The number of hydrogen-bond donors (Lipinski definition) is 1. The Bertz CT molecular complexity index is 662. The summed E-state index contributed by atoms with van der Waals surface area (Å²) in [6.45, 7) is 3.54. The maximum absolute atomic E-state index is 6.34. The second-order valence-electron chi connectivity index (χ2n) is 5.43. The quantitative estimate of drug-likeness (QED) is 0.664. The molecule has 2 N–H and O–H groups in total. The van der Waals surface area contributed by atoms with Gasteiger partial charge in [-0.2, -0.15) is 0 Å². The van der Waals surface area contributed by atoms with Gasteiger partial charge in [-0.25, -0.2) is 4.98 Å². The monoisotopic (exact) mass is 321 g/mol. The molecule has 0 amide bonds. The van der Waals surface area contributed by atoms with E-state index in [9.17, 15) is 0 Å². The molecule has 0 unspecified atom stereocenters. The normalized spacial score (nSPS) is 14.1. The standard InChI is InChI=1S/C16H17Cl2N3/c1-10-7-14(17)13(16(18)20-10)9-21-6-2-3-11-8-12(19)4-5-15(11)21/h4-5,7-8H,2-3,6,9,19H2,1H3. The Morgan fingerprint density at radius 1 is 1.29 bits per heavy atom. The van der Waals surface area contributed by atoms with Crippen LogP contribution in [-0.2, 0) is 13.0 Å². The predicted octanol–water partition coefficient (Wildman–Crippen LogP) is 4.23. The summed E-state index contributed by atoms with van der Waals surface area (Å²) in [6.07, 6.45) is 2.16. The van der Waals surface area contributed by atoms with Crippen LogP contribution in [0.25, 0.3) is 0 Å². The maximum atomic E-state index is 6.34. The molecule has 0 aliphatic carbocycles. The van der Waals surface area contributed by atoms with Crippen LogP contribution >= 0.6 is 23.2 Å². The molecule has 3 nitrogen and oxygen atoms in total. The van der Waals surface area contributed by atoms with Crippen LogP contribution in [0.2, 0.25) is 10.2 Å². The summed E-state index contributed by atoms with van der Waals surface area (Å²) in [5, 5.41) is 1.16. The molecule has 0 atom stereocenters. The van der Waals surface area contributed by atoms with E-state index >= 15 is 0 Å². The van der Waals surface area contributed by atoms with Gasteiger partial charge in [-0.1, -0.05) is 23.2 Å². The number of fused-ring (bicyclic) bond motifs is 1. The highest BCUT2D eigenvalue weighted by atomic mass is 35.5. The fraction of sp³-hybridized carbons (Fsp3) is 0.312. The minimum atomic E-state index is 0.488. The average Bonchev–Trinajstić information content (AvgIpc) is 2.42. The highest BCUT2D eigenvalue weighted by molar-refractivity contribution is 6.35. The number of hydrogen-bond acceptors (Lipinski definition) is 3. The first-order valence-electron chi connectivity index (χ1n) is 6.99. The molecule has 110 valence electrons. The highest BCUT2D eigenvalue weighted by Crippen LogP contribution is 2.32. The zero-order valence-corrected chi connectivity index (χ0v) is 13.4. The van der Waals surface area contributed by atoms with E-state index in [0.717, 1.165) is 36.3 Å². The first-order chi connectivity index (χ1) is 10.0. The van der Waals surface area contributed by atoms with Gasteiger partial charge in [-0.3, -0.25) is 0 Å². The third kappa shape index (κ3) is 2.94. The molecule has 0 spiro atoms. The van der Waals surface area contributed by atoms with Crippen molar-refractivity contribution in [2.45, 2.75) is 26.3 Å². The molecule has 1 aliphatic heterocycles. The Hall–Kier alpha value is -1.45. The third-order valence-electron chi connectivity index (χ3n) is 3.81. The highest BCUT2D eigenvalue weighted by Gasteiger charge is 2.19. The molecule has 1 aliphatic rings. The van der Waals surface area contributed by atoms with Crippen LogP contribution in [0.5, 0.6) is 0 Å². The first kappa shape index (κ1) is 14.5. The minimum absolute atomic E-state index is 0.488. The summed E-state index contributed by atoms with van der Waals surface area (Å²) < 4.78 is 0. The number of pyridine rings is 1. The Balaban J connectivity index is 1.94. The molecular formula is C16H17Cl2N3. The molecule has 0 radical (unpaired) electrons. The van der Waals surface area contributed by atoms with Crippen LogP contribution in [0, 0.1) is 6.92 Å². The minimum Gasteiger partial charge on any atom is -0.399 e. The van der Waals surface area contributed by atoms with Crippen molar-refractivity contribution in [3.05, 3.63) is 51.3 Å². The molecule has 1 aromatic heterocycles. The lowest BCUT2D eigenvalue weighted by atomic mass is 10.0.